The van der Waals surface area contributed by atoms with Crippen molar-refractivity contribution in [3.05, 3.63) is 75.7 Å². The molecule has 0 bridgehead atoms. The molecular weight excluding hydrogens is 364 g/mol. The van der Waals surface area contributed by atoms with Crippen molar-refractivity contribution in [2.24, 2.45) is 0 Å². The van der Waals surface area contributed by atoms with Crippen molar-refractivity contribution in [3.63, 3.8) is 0 Å². The molecule has 27 heavy (non-hydrogen) atoms. The summed E-state index contributed by atoms with van der Waals surface area (Å²) >= 11 is 0. The number of fused-ring (bicyclic) bond motifs is 1. The van der Waals surface area contributed by atoms with E-state index in [-0.39, 0.29) is 24.9 Å². The number of hydrogen-bond donors (Lipinski definition) is 2. The molecule has 3 rings (SSSR count). The molecule has 2 atom stereocenters. The van der Waals surface area contributed by atoms with E-state index in [0.29, 0.717) is 0 Å². The molecule has 8 heteroatoms. The number of hydrogen-bond acceptors (Lipinski definition) is 2. The van der Waals surface area contributed by atoms with Crippen LogP contribution in [0.5, 0.6) is 0 Å². The van der Waals surface area contributed by atoms with Crippen molar-refractivity contribution in [3.8, 4) is 0 Å². The number of allylic oxidation sites excluding steroid dienone is 3. The molecule has 1 heterocycles. The lowest BCUT2D eigenvalue weighted by Crippen LogP contribution is -2.38. The standard InChI is InChI=1S/C19H15F4N2O2.2H2/c1-9(12-3-2-11(20)8-15(12)22)24-17(26)7-10-6-13-16(25-19(10)27)5-4-14(21)18(13)23;;/h2-6,8-9,15H,7H2,1H3,(H,24,26)(H,25,27);2*1H/t9-,15?;;/m0../s1. The Kier molecular flexibility index (Phi) is 5.16. The van der Waals surface area contributed by atoms with E-state index < -0.39 is 47.6 Å². The van der Waals surface area contributed by atoms with Gasteiger partial charge in [-0.2, -0.15) is 0 Å². The van der Waals surface area contributed by atoms with Gasteiger partial charge in [0.1, 0.15) is 12.0 Å². The van der Waals surface area contributed by atoms with E-state index >= 15 is 0 Å². The van der Waals surface area contributed by atoms with Crippen LogP contribution in [0.15, 0.2) is 46.5 Å². The van der Waals surface area contributed by atoms with Gasteiger partial charge in [0.15, 0.2) is 11.6 Å². The molecule has 1 aliphatic rings. The van der Waals surface area contributed by atoms with Gasteiger partial charge in [-0.3, -0.25) is 9.59 Å². The van der Waals surface area contributed by atoms with Crippen LogP contribution >= 0.6 is 0 Å². The van der Waals surface area contributed by atoms with Gasteiger partial charge < -0.3 is 10.3 Å². The number of aromatic nitrogens is 1. The zero-order valence-corrected chi connectivity index (χ0v) is 14.2. The second-order valence-corrected chi connectivity index (χ2v) is 6.20. The van der Waals surface area contributed by atoms with Gasteiger partial charge in [0, 0.05) is 13.8 Å². The first kappa shape index (κ1) is 18.9. The molecule has 1 aromatic heterocycles. The van der Waals surface area contributed by atoms with Crippen molar-refractivity contribution in [2.75, 3.05) is 0 Å². The molecule has 1 aliphatic carbocycles. The second kappa shape index (κ2) is 7.38. The van der Waals surface area contributed by atoms with E-state index in [1.807, 2.05) is 0 Å². The minimum atomic E-state index is -1.67. The number of aromatic amines is 1. The highest BCUT2D eigenvalue weighted by atomic mass is 19.2. The number of benzene rings is 1. The van der Waals surface area contributed by atoms with E-state index in [1.54, 1.807) is 0 Å². The van der Waals surface area contributed by atoms with Gasteiger partial charge in [-0.1, -0.05) is 6.08 Å². The minimum Gasteiger partial charge on any atom is -0.350 e. The Balaban J connectivity index is 0.00000210. The highest BCUT2D eigenvalue weighted by Crippen LogP contribution is 2.24. The molecule has 0 saturated heterocycles. The highest BCUT2D eigenvalue weighted by Gasteiger charge is 2.25. The topological polar surface area (TPSA) is 62.0 Å². The van der Waals surface area contributed by atoms with Crippen LogP contribution in [0.2, 0.25) is 0 Å². The first-order valence-electron chi connectivity index (χ1n) is 8.11. The van der Waals surface area contributed by atoms with Crippen molar-refractivity contribution < 1.29 is 25.2 Å². The Morgan fingerprint density at radius 2 is 2.04 bits per heavy atom. The summed E-state index contributed by atoms with van der Waals surface area (Å²) in [6.45, 7) is 1.51. The molecule has 1 aromatic carbocycles. The average Bonchev–Trinajstić information content (AvgIpc) is 2.59. The molecule has 145 valence electrons. The lowest BCUT2D eigenvalue weighted by atomic mass is 9.96. The maximum Gasteiger partial charge on any atom is 0.252 e. The zero-order valence-electron chi connectivity index (χ0n) is 14.2. The predicted molar refractivity (Wildman–Crippen MR) is 96.5 cm³/mol. The molecule has 1 radical (unpaired) electrons. The van der Waals surface area contributed by atoms with Crippen LogP contribution in [-0.4, -0.2) is 23.1 Å². The molecule has 0 aliphatic heterocycles. The summed E-state index contributed by atoms with van der Waals surface area (Å²) in [5.41, 5.74) is -0.419. The second-order valence-electron chi connectivity index (χ2n) is 6.20. The molecule has 0 fully saturated rings. The molecule has 2 aromatic rings. The number of carbonyl (C=O) groups excluding carboxylic acids is 1. The lowest BCUT2D eigenvalue weighted by Gasteiger charge is -2.22. The smallest absolute Gasteiger partial charge is 0.252 e. The Morgan fingerprint density at radius 3 is 2.74 bits per heavy atom. The number of alkyl halides is 1. The first-order valence-corrected chi connectivity index (χ1v) is 8.11. The van der Waals surface area contributed by atoms with Gasteiger partial charge >= 0.3 is 0 Å². The summed E-state index contributed by atoms with van der Waals surface area (Å²) in [4.78, 5) is 26.7. The zero-order chi connectivity index (χ0) is 19.7. The number of H-pyrrole nitrogens is 1. The summed E-state index contributed by atoms with van der Waals surface area (Å²) in [5.74, 6) is -3.53. The summed E-state index contributed by atoms with van der Waals surface area (Å²) in [7, 11) is 0. The van der Waals surface area contributed by atoms with Gasteiger partial charge in [-0.25, -0.2) is 17.6 Å². The largest absolute Gasteiger partial charge is 0.350 e. The van der Waals surface area contributed by atoms with Crippen LogP contribution in [-0.2, 0) is 11.2 Å². The van der Waals surface area contributed by atoms with Crippen molar-refractivity contribution >= 4 is 16.8 Å². The van der Waals surface area contributed by atoms with Crippen LogP contribution in [0.25, 0.3) is 10.9 Å². The van der Waals surface area contributed by atoms with Gasteiger partial charge in [0.05, 0.1) is 24.4 Å². The van der Waals surface area contributed by atoms with Crippen LogP contribution in [0.4, 0.5) is 17.6 Å². The fourth-order valence-corrected chi connectivity index (χ4v) is 2.88. The Bertz CT molecular complexity index is 1040. The van der Waals surface area contributed by atoms with Gasteiger partial charge in [-0.05, 0) is 36.8 Å². The summed E-state index contributed by atoms with van der Waals surface area (Å²) in [6, 6.07) is 2.48. The number of halogens is 4. The summed E-state index contributed by atoms with van der Waals surface area (Å²) < 4.78 is 54.1. The Morgan fingerprint density at radius 1 is 1.30 bits per heavy atom. The van der Waals surface area contributed by atoms with E-state index in [2.05, 4.69) is 10.3 Å². The number of carbonyl (C=O) groups is 1. The maximum atomic E-state index is 13.9. The van der Waals surface area contributed by atoms with Crippen molar-refractivity contribution in [1.82, 2.24) is 10.3 Å². The van der Waals surface area contributed by atoms with E-state index in [4.69, 9.17) is 0 Å². The van der Waals surface area contributed by atoms with Crippen LogP contribution in [0.1, 0.15) is 15.3 Å². The van der Waals surface area contributed by atoms with E-state index in [9.17, 15) is 27.2 Å². The molecule has 1 unspecified atom stereocenters. The molecule has 0 spiro atoms. The molecule has 4 nitrogen and oxygen atoms in total. The van der Waals surface area contributed by atoms with Crippen LogP contribution < -0.4 is 10.9 Å². The van der Waals surface area contributed by atoms with Crippen LogP contribution in [0.3, 0.4) is 0 Å². The van der Waals surface area contributed by atoms with Crippen molar-refractivity contribution in [1.29, 1.82) is 0 Å². The maximum absolute atomic E-state index is 13.9. The fourth-order valence-electron chi connectivity index (χ4n) is 2.88. The predicted octanol–water partition coefficient (Wildman–Crippen LogP) is 3.68. The third kappa shape index (κ3) is 3.94. The van der Waals surface area contributed by atoms with Gasteiger partial charge in [0.2, 0.25) is 5.91 Å². The molecule has 2 N–H and O–H groups in total. The normalized spacial score (nSPS) is 18.0. The van der Waals surface area contributed by atoms with Crippen LogP contribution in [0, 0.1) is 18.1 Å². The fraction of sp³-hybridized carbons (Fsp3) is 0.211. The molecule has 0 saturated carbocycles. The average molecular weight is 383 g/mol. The third-order valence-corrected chi connectivity index (χ3v) is 4.28. The quantitative estimate of drug-likeness (QED) is 0.792. The number of rotatable bonds is 4. The molecular formula is C19H19F4N2O2. The van der Waals surface area contributed by atoms with Gasteiger partial charge in [0.25, 0.3) is 5.56 Å². The van der Waals surface area contributed by atoms with E-state index in [0.717, 1.165) is 24.6 Å². The van der Waals surface area contributed by atoms with Gasteiger partial charge in [-0.15, -0.1) is 0 Å². The number of pyridine rings is 1. The minimum absolute atomic E-state index is 0. The number of nitrogens with one attached hydrogen (secondary N) is 2. The monoisotopic (exact) mass is 383 g/mol. The first-order chi connectivity index (χ1) is 12.8. The third-order valence-electron chi connectivity index (χ3n) is 4.28. The summed E-state index contributed by atoms with van der Waals surface area (Å²) in [5, 5.41) is 2.35. The Hall–Kier alpha value is -2.90. The van der Waals surface area contributed by atoms with E-state index in [1.165, 1.54) is 19.1 Å². The SMILES string of the molecule is C[C@H](NC(=O)Cc1cc2c(F)c(F)ccc2[nH]c1=O)C1=CC=C(F)[CH]C1F.[HH].[HH]. The molecule has 1 amide bonds. The van der Waals surface area contributed by atoms with Crippen molar-refractivity contribution in [2.45, 2.75) is 25.6 Å². The highest BCUT2D eigenvalue weighted by molar-refractivity contribution is 5.83. The summed E-state index contributed by atoms with van der Waals surface area (Å²) in [6.07, 6.45) is 1.02. The number of amides is 1. The Labute approximate surface area is 154 Å². The lowest BCUT2D eigenvalue weighted by molar-refractivity contribution is -0.120.